The average molecular weight is 293 g/mol. The maximum atomic E-state index is 5.75. The smallest absolute Gasteiger partial charge is 0.226 e. The highest BCUT2D eigenvalue weighted by Gasteiger charge is 2.25. The molecular weight excluding hydrogens is 280 g/mol. The standard InChI is InChI=1S/C13H13BrN2O/c1-8-12(10-6-15-7-10)16-13(17-8)9-3-2-4-11(14)5-9/h2-5,10,15H,6-7H2,1H3. The van der Waals surface area contributed by atoms with E-state index in [0.29, 0.717) is 11.8 Å². The summed E-state index contributed by atoms with van der Waals surface area (Å²) < 4.78 is 6.79. The molecule has 0 unspecified atom stereocenters. The monoisotopic (exact) mass is 292 g/mol. The second-order valence-corrected chi connectivity index (χ2v) is 5.24. The Morgan fingerprint density at radius 2 is 2.24 bits per heavy atom. The molecule has 4 heteroatoms. The lowest BCUT2D eigenvalue weighted by Gasteiger charge is -2.25. The van der Waals surface area contributed by atoms with Crippen molar-refractivity contribution in [1.82, 2.24) is 10.3 Å². The normalized spacial score (nSPS) is 15.9. The first-order valence-corrected chi connectivity index (χ1v) is 6.47. The van der Waals surface area contributed by atoms with Crippen molar-refractivity contribution in [3.63, 3.8) is 0 Å². The molecule has 17 heavy (non-hydrogen) atoms. The Balaban J connectivity index is 1.98. The van der Waals surface area contributed by atoms with Gasteiger partial charge in [0, 0.05) is 29.0 Å². The Labute approximate surface area is 108 Å². The van der Waals surface area contributed by atoms with E-state index in [1.165, 1.54) is 0 Å². The van der Waals surface area contributed by atoms with Crippen LogP contribution in [0.2, 0.25) is 0 Å². The minimum absolute atomic E-state index is 0.514. The molecule has 0 saturated carbocycles. The number of hydrogen-bond acceptors (Lipinski definition) is 3. The summed E-state index contributed by atoms with van der Waals surface area (Å²) in [5.41, 5.74) is 2.11. The van der Waals surface area contributed by atoms with Gasteiger partial charge in [0.25, 0.3) is 0 Å². The van der Waals surface area contributed by atoms with Crippen LogP contribution in [0.3, 0.4) is 0 Å². The van der Waals surface area contributed by atoms with Crippen molar-refractivity contribution < 1.29 is 4.42 Å². The van der Waals surface area contributed by atoms with Crippen molar-refractivity contribution in [1.29, 1.82) is 0 Å². The van der Waals surface area contributed by atoms with Crippen molar-refractivity contribution >= 4 is 15.9 Å². The van der Waals surface area contributed by atoms with Crippen LogP contribution in [-0.4, -0.2) is 18.1 Å². The lowest BCUT2D eigenvalue weighted by atomic mass is 9.98. The molecule has 0 atom stereocenters. The Morgan fingerprint density at radius 1 is 1.41 bits per heavy atom. The highest BCUT2D eigenvalue weighted by atomic mass is 79.9. The zero-order chi connectivity index (χ0) is 11.8. The average Bonchev–Trinajstić information content (AvgIpc) is 2.59. The van der Waals surface area contributed by atoms with Crippen molar-refractivity contribution in [2.45, 2.75) is 12.8 Å². The molecule has 1 aromatic heterocycles. The van der Waals surface area contributed by atoms with Gasteiger partial charge in [-0.15, -0.1) is 0 Å². The third-order valence-corrected chi connectivity index (χ3v) is 3.57. The highest BCUT2D eigenvalue weighted by Crippen LogP contribution is 2.29. The van der Waals surface area contributed by atoms with Gasteiger partial charge in [0.05, 0.1) is 5.69 Å². The second kappa shape index (κ2) is 4.27. The molecule has 2 heterocycles. The number of aromatic nitrogens is 1. The predicted molar refractivity (Wildman–Crippen MR) is 70.0 cm³/mol. The van der Waals surface area contributed by atoms with Gasteiger partial charge in [-0.1, -0.05) is 22.0 Å². The highest BCUT2D eigenvalue weighted by molar-refractivity contribution is 9.10. The summed E-state index contributed by atoms with van der Waals surface area (Å²) in [6.07, 6.45) is 0. The lowest BCUT2D eigenvalue weighted by molar-refractivity contribution is 0.433. The Kier molecular flexibility index (Phi) is 2.76. The molecule has 1 aliphatic heterocycles. The van der Waals surface area contributed by atoms with E-state index in [9.17, 15) is 0 Å². The molecule has 0 amide bonds. The number of halogens is 1. The van der Waals surface area contributed by atoms with Gasteiger partial charge in [-0.05, 0) is 25.1 Å². The van der Waals surface area contributed by atoms with Crippen LogP contribution in [0.15, 0.2) is 33.2 Å². The summed E-state index contributed by atoms with van der Waals surface area (Å²) in [6, 6.07) is 8.02. The van der Waals surface area contributed by atoms with Crippen LogP contribution in [-0.2, 0) is 0 Å². The molecule has 1 saturated heterocycles. The van der Waals surface area contributed by atoms with Gasteiger partial charge in [0.1, 0.15) is 5.76 Å². The first kappa shape index (κ1) is 11.0. The molecule has 0 aliphatic carbocycles. The maximum absolute atomic E-state index is 5.75. The summed E-state index contributed by atoms with van der Waals surface area (Å²) in [6.45, 7) is 4.00. The minimum atomic E-state index is 0.514. The molecule has 3 rings (SSSR count). The number of aryl methyl sites for hydroxylation is 1. The van der Waals surface area contributed by atoms with E-state index < -0.39 is 0 Å². The molecule has 1 aliphatic rings. The van der Waals surface area contributed by atoms with Gasteiger partial charge in [-0.3, -0.25) is 0 Å². The fraction of sp³-hybridized carbons (Fsp3) is 0.308. The van der Waals surface area contributed by atoms with Gasteiger partial charge < -0.3 is 9.73 Å². The fourth-order valence-corrected chi connectivity index (χ4v) is 2.41. The predicted octanol–water partition coefficient (Wildman–Crippen LogP) is 3.10. The molecule has 0 radical (unpaired) electrons. The molecule has 1 N–H and O–H groups in total. The molecule has 3 nitrogen and oxygen atoms in total. The molecule has 0 spiro atoms. The number of nitrogens with one attached hydrogen (secondary N) is 1. The van der Waals surface area contributed by atoms with Gasteiger partial charge >= 0.3 is 0 Å². The summed E-state index contributed by atoms with van der Waals surface area (Å²) in [5, 5.41) is 3.26. The quantitative estimate of drug-likeness (QED) is 0.924. The number of hydrogen-bond donors (Lipinski definition) is 1. The van der Waals surface area contributed by atoms with Crippen molar-refractivity contribution in [3.8, 4) is 11.5 Å². The van der Waals surface area contributed by atoms with Gasteiger partial charge in [-0.25, -0.2) is 4.98 Å². The third kappa shape index (κ3) is 2.03. The topological polar surface area (TPSA) is 38.1 Å². The Morgan fingerprint density at radius 3 is 2.88 bits per heavy atom. The van der Waals surface area contributed by atoms with Gasteiger partial charge in [0.15, 0.2) is 0 Å². The zero-order valence-corrected chi connectivity index (χ0v) is 11.1. The molecule has 88 valence electrons. The van der Waals surface area contributed by atoms with Crippen molar-refractivity contribution in [3.05, 3.63) is 40.2 Å². The summed E-state index contributed by atoms with van der Waals surface area (Å²) in [4.78, 5) is 4.62. The SMILES string of the molecule is Cc1oc(-c2cccc(Br)c2)nc1C1CNC1. The van der Waals surface area contributed by atoms with Crippen LogP contribution in [0.5, 0.6) is 0 Å². The van der Waals surface area contributed by atoms with Crippen LogP contribution in [0, 0.1) is 6.92 Å². The molecule has 1 aromatic carbocycles. The van der Waals surface area contributed by atoms with E-state index in [0.717, 1.165) is 34.6 Å². The van der Waals surface area contributed by atoms with Crippen LogP contribution in [0.1, 0.15) is 17.4 Å². The van der Waals surface area contributed by atoms with Crippen LogP contribution in [0.4, 0.5) is 0 Å². The van der Waals surface area contributed by atoms with E-state index in [2.05, 4.69) is 26.2 Å². The van der Waals surface area contributed by atoms with Crippen LogP contribution in [0.25, 0.3) is 11.5 Å². The second-order valence-electron chi connectivity index (χ2n) is 4.33. The maximum Gasteiger partial charge on any atom is 0.226 e. The largest absolute Gasteiger partial charge is 0.441 e. The van der Waals surface area contributed by atoms with Gasteiger partial charge in [0.2, 0.25) is 5.89 Å². The first-order chi connectivity index (χ1) is 8.24. The fourth-order valence-electron chi connectivity index (χ4n) is 2.01. The van der Waals surface area contributed by atoms with E-state index in [-0.39, 0.29) is 0 Å². The molecule has 1 fully saturated rings. The number of rotatable bonds is 2. The molecule has 2 aromatic rings. The summed E-state index contributed by atoms with van der Waals surface area (Å²) >= 11 is 3.46. The molecular formula is C13H13BrN2O. The van der Waals surface area contributed by atoms with Crippen molar-refractivity contribution in [2.24, 2.45) is 0 Å². The van der Waals surface area contributed by atoms with Crippen molar-refractivity contribution in [2.75, 3.05) is 13.1 Å². The lowest BCUT2D eigenvalue weighted by Crippen LogP contribution is -2.40. The van der Waals surface area contributed by atoms with E-state index in [1.54, 1.807) is 0 Å². The van der Waals surface area contributed by atoms with Gasteiger partial charge in [-0.2, -0.15) is 0 Å². The minimum Gasteiger partial charge on any atom is -0.441 e. The van der Waals surface area contributed by atoms with E-state index in [1.807, 2.05) is 31.2 Å². The van der Waals surface area contributed by atoms with Crippen LogP contribution < -0.4 is 5.32 Å². The summed E-state index contributed by atoms with van der Waals surface area (Å²) in [5.74, 6) is 2.16. The van der Waals surface area contributed by atoms with E-state index >= 15 is 0 Å². The van der Waals surface area contributed by atoms with E-state index in [4.69, 9.17) is 4.42 Å². The first-order valence-electron chi connectivity index (χ1n) is 5.68. The zero-order valence-electron chi connectivity index (χ0n) is 9.53. The molecule has 0 bridgehead atoms. The Hall–Kier alpha value is -1.13. The summed E-state index contributed by atoms with van der Waals surface area (Å²) in [7, 11) is 0. The number of benzene rings is 1. The number of nitrogens with zero attached hydrogens (tertiary/aromatic N) is 1. The number of oxazole rings is 1. The third-order valence-electron chi connectivity index (χ3n) is 3.07. The van der Waals surface area contributed by atoms with Crippen LogP contribution >= 0.6 is 15.9 Å². The Bertz CT molecular complexity index is 546.